The number of halogens is 1. The van der Waals surface area contributed by atoms with Gasteiger partial charge >= 0.3 is 0 Å². The van der Waals surface area contributed by atoms with Gasteiger partial charge in [-0.3, -0.25) is 4.79 Å². The fraction of sp³-hybridized carbons (Fsp3) is 0.462. The van der Waals surface area contributed by atoms with Crippen molar-refractivity contribution < 1.29 is 4.79 Å². The molecule has 94 valence electrons. The van der Waals surface area contributed by atoms with Crippen LogP contribution in [0.4, 0.5) is 0 Å². The number of nitrogens with one attached hydrogen (secondary N) is 1. The van der Waals surface area contributed by atoms with Crippen molar-refractivity contribution in [3.8, 4) is 0 Å². The first kappa shape index (κ1) is 14.0. The van der Waals surface area contributed by atoms with Crippen molar-refractivity contribution in [2.45, 2.75) is 31.2 Å². The van der Waals surface area contributed by atoms with Crippen molar-refractivity contribution in [2.75, 3.05) is 6.54 Å². The molecule has 0 radical (unpaired) electrons. The largest absolute Gasteiger partial charge is 0.370 e. The average molecular weight is 255 g/mol. The summed E-state index contributed by atoms with van der Waals surface area (Å²) < 4.78 is 0. The number of carbonyl (C=O) groups excluding carboxylic acids is 1. The van der Waals surface area contributed by atoms with Gasteiger partial charge in [0.15, 0.2) is 0 Å². The fourth-order valence-electron chi connectivity index (χ4n) is 2.04. The van der Waals surface area contributed by atoms with E-state index in [-0.39, 0.29) is 18.3 Å². The molecule has 3 nitrogen and oxygen atoms in total. The van der Waals surface area contributed by atoms with Crippen molar-refractivity contribution in [1.29, 1.82) is 0 Å². The highest BCUT2D eigenvalue weighted by Gasteiger charge is 2.37. The molecule has 1 amide bonds. The number of hydrogen-bond donors (Lipinski definition) is 2. The van der Waals surface area contributed by atoms with E-state index >= 15 is 0 Å². The van der Waals surface area contributed by atoms with Crippen LogP contribution in [0, 0.1) is 0 Å². The minimum absolute atomic E-state index is 0. The molecule has 2 unspecified atom stereocenters. The molecule has 1 fully saturated rings. The Labute approximate surface area is 108 Å². The summed E-state index contributed by atoms with van der Waals surface area (Å²) in [5.41, 5.74) is 6.49. The first-order valence-corrected chi connectivity index (χ1v) is 5.84. The van der Waals surface area contributed by atoms with E-state index in [0.717, 1.165) is 13.0 Å². The zero-order valence-corrected chi connectivity index (χ0v) is 10.6. The van der Waals surface area contributed by atoms with Crippen LogP contribution < -0.4 is 11.1 Å². The first-order chi connectivity index (χ1) is 7.77. The molecule has 0 aliphatic heterocycles. The van der Waals surface area contributed by atoms with Crippen molar-refractivity contribution in [2.24, 2.45) is 5.73 Å². The molecule has 1 aromatic rings. The van der Waals surface area contributed by atoms with Gasteiger partial charge in [0.05, 0.1) is 0 Å². The highest BCUT2D eigenvalue weighted by Crippen LogP contribution is 2.40. The van der Waals surface area contributed by atoms with Crippen LogP contribution in [0.1, 0.15) is 30.7 Å². The van der Waals surface area contributed by atoms with Gasteiger partial charge in [-0.2, -0.15) is 0 Å². The Morgan fingerprint density at radius 3 is 2.71 bits per heavy atom. The van der Waals surface area contributed by atoms with E-state index in [9.17, 15) is 4.79 Å². The molecule has 1 aliphatic carbocycles. The van der Waals surface area contributed by atoms with E-state index in [4.69, 9.17) is 5.73 Å². The zero-order chi connectivity index (χ0) is 11.4. The second-order valence-electron chi connectivity index (χ2n) is 4.38. The standard InChI is InChI=1S/C13H18N2O.ClH/c14-13(16)7-4-8-15-12-9-11(12)10-5-2-1-3-6-10;/h1-3,5-6,11-12,15H,4,7-9H2,(H2,14,16);1H. The minimum atomic E-state index is -0.211. The summed E-state index contributed by atoms with van der Waals surface area (Å²) in [7, 11) is 0. The van der Waals surface area contributed by atoms with Gasteiger partial charge in [-0.15, -0.1) is 12.4 Å². The molecule has 0 bridgehead atoms. The highest BCUT2D eigenvalue weighted by atomic mass is 35.5. The molecular formula is C13H19ClN2O. The lowest BCUT2D eigenvalue weighted by molar-refractivity contribution is -0.118. The Bertz CT molecular complexity index is 356. The molecule has 4 heteroatoms. The topological polar surface area (TPSA) is 55.1 Å². The molecule has 2 rings (SSSR count). The molecule has 0 spiro atoms. The van der Waals surface area contributed by atoms with Gasteiger partial charge in [-0.1, -0.05) is 30.3 Å². The summed E-state index contributed by atoms with van der Waals surface area (Å²) in [6, 6.07) is 11.2. The van der Waals surface area contributed by atoms with E-state index in [2.05, 4.69) is 29.6 Å². The van der Waals surface area contributed by atoms with E-state index in [1.54, 1.807) is 0 Å². The SMILES string of the molecule is Cl.NC(=O)CCCNC1CC1c1ccccc1. The van der Waals surface area contributed by atoms with Gasteiger partial charge in [0.25, 0.3) is 0 Å². The maximum atomic E-state index is 10.5. The smallest absolute Gasteiger partial charge is 0.217 e. The molecular weight excluding hydrogens is 236 g/mol. The molecule has 1 saturated carbocycles. The number of amides is 1. The Morgan fingerprint density at radius 1 is 1.35 bits per heavy atom. The van der Waals surface area contributed by atoms with E-state index in [0.29, 0.717) is 18.4 Å². The molecule has 0 heterocycles. The first-order valence-electron chi connectivity index (χ1n) is 5.84. The van der Waals surface area contributed by atoms with Crippen molar-refractivity contribution in [1.82, 2.24) is 5.32 Å². The lowest BCUT2D eigenvalue weighted by Gasteiger charge is -2.03. The maximum absolute atomic E-state index is 10.5. The van der Waals surface area contributed by atoms with Crippen LogP contribution in [0.15, 0.2) is 30.3 Å². The maximum Gasteiger partial charge on any atom is 0.217 e. The van der Waals surface area contributed by atoms with Gasteiger partial charge in [-0.25, -0.2) is 0 Å². The predicted molar refractivity (Wildman–Crippen MR) is 71.3 cm³/mol. The molecule has 1 aliphatic rings. The molecule has 0 aromatic heterocycles. The summed E-state index contributed by atoms with van der Waals surface area (Å²) in [5, 5.41) is 3.45. The number of benzene rings is 1. The van der Waals surface area contributed by atoms with E-state index < -0.39 is 0 Å². The van der Waals surface area contributed by atoms with Crippen LogP contribution in [0.2, 0.25) is 0 Å². The van der Waals surface area contributed by atoms with Crippen LogP contribution in [0.5, 0.6) is 0 Å². The molecule has 0 saturated heterocycles. The Balaban J connectivity index is 0.00000144. The van der Waals surface area contributed by atoms with Gasteiger partial charge in [-0.05, 0) is 24.9 Å². The lowest BCUT2D eigenvalue weighted by atomic mass is 10.1. The quantitative estimate of drug-likeness (QED) is 0.761. The molecule has 1 aromatic carbocycles. The summed E-state index contributed by atoms with van der Waals surface area (Å²) in [6.07, 6.45) is 2.53. The third-order valence-electron chi connectivity index (χ3n) is 3.02. The summed E-state index contributed by atoms with van der Waals surface area (Å²) >= 11 is 0. The number of primary amides is 1. The van der Waals surface area contributed by atoms with Crippen LogP contribution in [0.3, 0.4) is 0 Å². The van der Waals surface area contributed by atoms with Gasteiger partial charge in [0.2, 0.25) is 5.91 Å². The number of carbonyl (C=O) groups is 1. The van der Waals surface area contributed by atoms with Crippen molar-refractivity contribution in [3.05, 3.63) is 35.9 Å². The van der Waals surface area contributed by atoms with Crippen LogP contribution in [-0.2, 0) is 4.79 Å². The van der Waals surface area contributed by atoms with Crippen molar-refractivity contribution in [3.63, 3.8) is 0 Å². The predicted octanol–water partition coefficient (Wildman–Crippen LogP) is 1.82. The minimum Gasteiger partial charge on any atom is -0.370 e. The average Bonchev–Trinajstić information content (AvgIpc) is 3.05. The number of rotatable bonds is 6. The Morgan fingerprint density at radius 2 is 2.06 bits per heavy atom. The molecule has 3 N–H and O–H groups in total. The van der Waals surface area contributed by atoms with E-state index in [1.165, 1.54) is 12.0 Å². The monoisotopic (exact) mass is 254 g/mol. The molecule has 2 atom stereocenters. The fourth-order valence-corrected chi connectivity index (χ4v) is 2.04. The number of nitrogens with two attached hydrogens (primary N) is 1. The number of hydrogen-bond acceptors (Lipinski definition) is 2. The van der Waals surface area contributed by atoms with Gasteiger partial charge in [0, 0.05) is 18.4 Å². The third kappa shape index (κ3) is 4.36. The summed E-state index contributed by atoms with van der Waals surface area (Å²) in [4.78, 5) is 10.5. The van der Waals surface area contributed by atoms with Gasteiger partial charge in [0.1, 0.15) is 0 Å². The second-order valence-corrected chi connectivity index (χ2v) is 4.38. The Hall–Kier alpha value is -1.06. The summed E-state index contributed by atoms with van der Waals surface area (Å²) in [6.45, 7) is 0.886. The second kappa shape index (κ2) is 6.62. The zero-order valence-electron chi connectivity index (χ0n) is 9.76. The molecule has 17 heavy (non-hydrogen) atoms. The normalized spacial score (nSPS) is 21.6. The van der Waals surface area contributed by atoms with Crippen molar-refractivity contribution >= 4 is 18.3 Å². The van der Waals surface area contributed by atoms with E-state index in [1.807, 2.05) is 6.07 Å². The lowest BCUT2D eigenvalue weighted by Crippen LogP contribution is -2.21. The third-order valence-corrected chi connectivity index (χ3v) is 3.02. The summed E-state index contributed by atoms with van der Waals surface area (Å²) in [5.74, 6) is 0.451. The van der Waals surface area contributed by atoms with Gasteiger partial charge < -0.3 is 11.1 Å². The Kier molecular flexibility index (Phi) is 5.45. The van der Waals surface area contributed by atoms with Crippen LogP contribution in [-0.4, -0.2) is 18.5 Å². The highest BCUT2D eigenvalue weighted by molar-refractivity contribution is 5.85. The van der Waals surface area contributed by atoms with Crippen LogP contribution >= 0.6 is 12.4 Å². The van der Waals surface area contributed by atoms with Crippen LogP contribution in [0.25, 0.3) is 0 Å².